The van der Waals surface area contributed by atoms with E-state index >= 15 is 0 Å². The summed E-state index contributed by atoms with van der Waals surface area (Å²) in [4.78, 5) is 29.6. The number of rotatable bonds is 5. The first-order chi connectivity index (χ1) is 12.8. The molecule has 1 N–H and O–H groups in total. The van der Waals surface area contributed by atoms with Crippen LogP contribution in [0.15, 0.2) is 29.1 Å². The molecule has 0 aliphatic rings. The number of carbonyl (C=O) groups is 1. The number of aryl methyl sites for hydroxylation is 3. The molecule has 7 heteroatoms. The number of aromatic nitrogens is 3. The number of aromatic amines is 1. The summed E-state index contributed by atoms with van der Waals surface area (Å²) < 4.78 is 1.67. The highest BCUT2D eigenvalue weighted by atomic mass is 35.5. The maximum absolute atomic E-state index is 12.5. The maximum atomic E-state index is 12.5. The van der Waals surface area contributed by atoms with Crippen LogP contribution in [0.4, 0.5) is 0 Å². The Bertz CT molecular complexity index is 1050. The van der Waals surface area contributed by atoms with E-state index in [0.717, 1.165) is 22.2 Å². The highest BCUT2D eigenvalue weighted by Crippen LogP contribution is 2.21. The molecule has 0 saturated heterocycles. The summed E-state index contributed by atoms with van der Waals surface area (Å²) in [5.41, 5.74) is 3.98. The van der Waals surface area contributed by atoms with Gasteiger partial charge in [0.15, 0.2) is 0 Å². The van der Waals surface area contributed by atoms with Gasteiger partial charge in [-0.05, 0) is 43.5 Å². The van der Waals surface area contributed by atoms with Crippen LogP contribution in [-0.2, 0) is 24.8 Å². The van der Waals surface area contributed by atoms with Crippen LogP contribution in [0.2, 0.25) is 5.02 Å². The molecule has 2 aromatic heterocycles. The molecule has 27 heavy (non-hydrogen) atoms. The third-order valence-corrected chi connectivity index (χ3v) is 5.16. The van der Waals surface area contributed by atoms with Crippen LogP contribution in [0.25, 0.3) is 11.0 Å². The molecular weight excluding hydrogens is 364 g/mol. The molecule has 3 rings (SSSR count). The second-order valence-corrected chi connectivity index (χ2v) is 7.30. The lowest BCUT2D eigenvalue weighted by Crippen LogP contribution is -2.27. The van der Waals surface area contributed by atoms with E-state index in [1.54, 1.807) is 23.7 Å². The van der Waals surface area contributed by atoms with Crippen LogP contribution in [0, 0.1) is 13.8 Å². The number of benzene rings is 1. The SMILES string of the molecule is Cc1nn(C)c2[nH]c(=O)c(CCC(=O)N(C)Cc3ccc(Cl)cc3)c(C)c12. The molecule has 3 aromatic rings. The Hall–Kier alpha value is -2.60. The first-order valence-electron chi connectivity index (χ1n) is 8.81. The predicted molar refractivity (Wildman–Crippen MR) is 107 cm³/mol. The Morgan fingerprint density at radius 3 is 2.59 bits per heavy atom. The zero-order valence-corrected chi connectivity index (χ0v) is 16.7. The van der Waals surface area contributed by atoms with Gasteiger partial charge in [-0.2, -0.15) is 5.10 Å². The van der Waals surface area contributed by atoms with Crippen molar-refractivity contribution in [1.82, 2.24) is 19.7 Å². The fraction of sp³-hybridized carbons (Fsp3) is 0.350. The van der Waals surface area contributed by atoms with Crippen molar-refractivity contribution in [3.05, 3.63) is 62.0 Å². The summed E-state index contributed by atoms with van der Waals surface area (Å²) in [6.45, 7) is 4.35. The number of nitrogens with one attached hydrogen (secondary N) is 1. The van der Waals surface area contributed by atoms with Gasteiger partial charge in [-0.1, -0.05) is 23.7 Å². The summed E-state index contributed by atoms with van der Waals surface area (Å²) in [6, 6.07) is 7.42. The molecule has 2 heterocycles. The normalized spacial score (nSPS) is 11.1. The molecule has 0 unspecified atom stereocenters. The second kappa shape index (κ2) is 7.56. The fourth-order valence-electron chi connectivity index (χ4n) is 3.43. The number of amides is 1. The van der Waals surface area contributed by atoms with Crippen molar-refractivity contribution in [2.75, 3.05) is 7.05 Å². The summed E-state index contributed by atoms with van der Waals surface area (Å²) in [7, 11) is 3.57. The minimum atomic E-state index is -0.156. The van der Waals surface area contributed by atoms with Gasteiger partial charge in [-0.25, -0.2) is 0 Å². The highest BCUT2D eigenvalue weighted by Gasteiger charge is 2.17. The average molecular weight is 387 g/mol. The van der Waals surface area contributed by atoms with Gasteiger partial charge in [-0.15, -0.1) is 0 Å². The number of nitrogens with zero attached hydrogens (tertiary/aromatic N) is 3. The van der Waals surface area contributed by atoms with E-state index in [0.29, 0.717) is 29.2 Å². The lowest BCUT2D eigenvalue weighted by molar-refractivity contribution is -0.130. The number of pyridine rings is 1. The summed E-state index contributed by atoms with van der Waals surface area (Å²) in [6.07, 6.45) is 0.675. The minimum Gasteiger partial charge on any atom is -0.341 e. The van der Waals surface area contributed by atoms with Crippen molar-refractivity contribution in [3.63, 3.8) is 0 Å². The third-order valence-electron chi connectivity index (χ3n) is 4.90. The molecule has 6 nitrogen and oxygen atoms in total. The monoisotopic (exact) mass is 386 g/mol. The van der Waals surface area contributed by atoms with Crippen molar-refractivity contribution in [3.8, 4) is 0 Å². The number of hydrogen-bond donors (Lipinski definition) is 1. The standard InChI is InChI=1S/C20H23ClN4O2/c1-12-16(20(27)22-19-18(12)13(2)23-25(19)4)9-10-17(26)24(3)11-14-5-7-15(21)8-6-14/h5-8H,9-11H2,1-4H3,(H,22,27). The Morgan fingerprint density at radius 2 is 1.93 bits per heavy atom. The van der Waals surface area contributed by atoms with E-state index in [1.807, 2.05) is 38.1 Å². The molecular formula is C20H23ClN4O2. The lowest BCUT2D eigenvalue weighted by Gasteiger charge is -2.17. The molecule has 0 radical (unpaired) electrons. The Balaban J connectivity index is 1.74. The first-order valence-corrected chi connectivity index (χ1v) is 9.19. The lowest BCUT2D eigenvalue weighted by atomic mass is 10.0. The molecule has 0 bridgehead atoms. The molecule has 0 atom stereocenters. The Kier molecular flexibility index (Phi) is 5.37. The summed E-state index contributed by atoms with van der Waals surface area (Å²) in [5.74, 6) is -0.00763. The molecule has 0 fully saturated rings. The van der Waals surface area contributed by atoms with E-state index in [1.165, 1.54) is 0 Å². The minimum absolute atomic E-state index is 0.00763. The van der Waals surface area contributed by atoms with Gasteiger partial charge >= 0.3 is 0 Å². The quantitative estimate of drug-likeness (QED) is 0.732. The second-order valence-electron chi connectivity index (χ2n) is 6.87. The molecule has 142 valence electrons. The van der Waals surface area contributed by atoms with Crippen LogP contribution in [0.5, 0.6) is 0 Å². The number of halogens is 1. The number of carbonyl (C=O) groups excluding carboxylic acids is 1. The van der Waals surface area contributed by atoms with Crippen LogP contribution in [0.3, 0.4) is 0 Å². The largest absolute Gasteiger partial charge is 0.341 e. The Labute approximate surface area is 162 Å². The molecule has 1 aromatic carbocycles. The predicted octanol–water partition coefficient (Wildman–Crippen LogP) is 3.12. The topological polar surface area (TPSA) is 71.0 Å². The Morgan fingerprint density at radius 1 is 1.26 bits per heavy atom. The van der Waals surface area contributed by atoms with E-state index in [9.17, 15) is 9.59 Å². The van der Waals surface area contributed by atoms with Gasteiger partial charge in [0.25, 0.3) is 5.56 Å². The summed E-state index contributed by atoms with van der Waals surface area (Å²) in [5, 5.41) is 5.99. The fourth-order valence-corrected chi connectivity index (χ4v) is 3.56. The van der Waals surface area contributed by atoms with E-state index in [4.69, 9.17) is 11.6 Å². The summed E-state index contributed by atoms with van der Waals surface area (Å²) >= 11 is 5.89. The zero-order valence-electron chi connectivity index (χ0n) is 16.0. The maximum Gasteiger partial charge on any atom is 0.253 e. The van der Waals surface area contributed by atoms with Gasteiger partial charge in [0.05, 0.1) is 5.69 Å². The molecule has 0 saturated carbocycles. The van der Waals surface area contributed by atoms with Crippen molar-refractivity contribution in [2.24, 2.45) is 7.05 Å². The van der Waals surface area contributed by atoms with E-state index in [2.05, 4.69) is 10.1 Å². The van der Waals surface area contributed by atoms with Crippen LogP contribution >= 0.6 is 11.6 Å². The van der Waals surface area contributed by atoms with Crippen LogP contribution < -0.4 is 5.56 Å². The van der Waals surface area contributed by atoms with Gasteiger partial charge in [0, 0.05) is 43.0 Å². The van der Waals surface area contributed by atoms with Gasteiger partial charge in [-0.3, -0.25) is 14.3 Å². The highest BCUT2D eigenvalue weighted by molar-refractivity contribution is 6.30. The van der Waals surface area contributed by atoms with E-state index < -0.39 is 0 Å². The van der Waals surface area contributed by atoms with Crippen molar-refractivity contribution >= 4 is 28.5 Å². The van der Waals surface area contributed by atoms with Crippen LogP contribution in [-0.4, -0.2) is 32.6 Å². The first kappa shape index (κ1) is 19.2. The van der Waals surface area contributed by atoms with Gasteiger partial charge < -0.3 is 9.88 Å². The number of hydrogen-bond acceptors (Lipinski definition) is 3. The van der Waals surface area contributed by atoms with E-state index in [-0.39, 0.29) is 17.9 Å². The smallest absolute Gasteiger partial charge is 0.253 e. The van der Waals surface area contributed by atoms with Gasteiger partial charge in [0.1, 0.15) is 5.65 Å². The number of fused-ring (bicyclic) bond motifs is 1. The zero-order chi connectivity index (χ0) is 19.7. The third kappa shape index (κ3) is 3.90. The molecule has 1 amide bonds. The number of H-pyrrole nitrogens is 1. The molecule has 0 aliphatic heterocycles. The average Bonchev–Trinajstić information content (AvgIpc) is 2.90. The van der Waals surface area contributed by atoms with Crippen molar-refractivity contribution < 1.29 is 4.79 Å². The van der Waals surface area contributed by atoms with Crippen LogP contribution in [0.1, 0.15) is 28.8 Å². The van der Waals surface area contributed by atoms with Crippen molar-refractivity contribution in [2.45, 2.75) is 33.2 Å². The molecule has 0 spiro atoms. The molecule has 0 aliphatic carbocycles. The van der Waals surface area contributed by atoms with Crippen molar-refractivity contribution in [1.29, 1.82) is 0 Å². The van der Waals surface area contributed by atoms with Gasteiger partial charge in [0.2, 0.25) is 5.91 Å².